The summed E-state index contributed by atoms with van der Waals surface area (Å²) in [6, 6.07) is 9.84. The number of hydrogen-bond donors (Lipinski definition) is 1. The first kappa shape index (κ1) is 10.3. The topological polar surface area (TPSA) is 43.8 Å². The van der Waals surface area contributed by atoms with E-state index in [9.17, 15) is 4.39 Å². The van der Waals surface area contributed by atoms with E-state index in [1.165, 1.54) is 0 Å². The maximum absolute atomic E-state index is 13.4. The number of benzene rings is 1. The van der Waals surface area contributed by atoms with E-state index in [4.69, 9.17) is 5.73 Å². The van der Waals surface area contributed by atoms with Gasteiger partial charge < -0.3 is 5.73 Å². The van der Waals surface area contributed by atoms with Crippen LogP contribution in [0, 0.1) is 0 Å². The van der Waals surface area contributed by atoms with Crippen LogP contribution in [0.15, 0.2) is 30.3 Å². The van der Waals surface area contributed by atoms with E-state index in [2.05, 4.69) is 5.10 Å². The molecule has 1 aliphatic rings. The monoisotopic (exact) mass is 231 g/mol. The SMILES string of the molecule is Nc1nn(-c2ccccc2)c2c1CC(F)CC2. The van der Waals surface area contributed by atoms with Crippen molar-refractivity contribution in [3.05, 3.63) is 41.6 Å². The molecule has 1 heterocycles. The molecule has 4 heteroatoms. The first-order valence-corrected chi connectivity index (χ1v) is 5.81. The summed E-state index contributed by atoms with van der Waals surface area (Å²) in [5.74, 6) is 0.464. The molecule has 0 radical (unpaired) electrons. The number of nitrogens with two attached hydrogens (primary N) is 1. The van der Waals surface area contributed by atoms with Gasteiger partial charge >= 0.3 is 0 Å². The Morgan fingerprint density at radius 1 is 1.29 bits per heavy atom. The molecule has 1 unspecified atom stereocenters. The van der Waals surface area contributed by atoms with Crippen LogP contribution in [-0.2, 0) is 12.8 Å². The standard InChI is InChI=1S/C13H14FN3/c14-9-6-7-12-11(8-9)13(15)16-17(12)10-4-2-1-3-5-10/h1-5,9H,6-8H2,(H2,15,16). The van der Waals surface area contributed by atoms with Crippen molar-refractivity contribution >= 4 is 5.82 Å². The van der Waals surface area contributed by atoms with Crippen LogP contribution in [-0.4, -0.2) is 16.0 Å². The van der Waals surface area contributed by atoms with Crippen LogP contribution in [0.1, 0.15) is 17.7 Å². The Balaban J connectivity index is 2.11. The molecule has 0 bridgehead atoms. The second-order valence-electron chi connectivity index (χ2n) is 4.40. The lowest BCUT2D eigenvalue weighted by Gasteiger charge is -2.17. The average molecular weight is 231 g/mol. The highest BCUT2D eigenvalue weighted by Crippen LogP contribution is 2.29. The van der Waals surface area contributed by atoms with Gasteiger partial charge in [-0.2, -0.15) is 5.10 Å². The molecule has 0 spiro atoms. The molecule has 17 heavy (non-hydrogen) atoms. The van der Waals surface area contributed by atoms with Gasteiger partial charge in [0.25, 0.3) is 0 Å². The molecule has 0 aliphatic heterocycles. The van der Waals surface area contributed by atoms with Crippen LogP contribution < -0.4 is 5.73 Å². The zero-order valence-electron chi connectivity index (χ0n) is 9.44. The number of halogens is 1. The second kappa shape index (κ2) is 3.87. The summed E-state index contributed by atoms with van der Waals surface area (Å²) in [7, 11) is 0. The maximum atomic E-state index is 13.4. The fourth-order valence-corrected chi connectivity index (χ4v) is 2.38. The molecule has 1 atom stereocenters. The van der Waals surface area contributed by atoms with E-state index >= 15 is 0 Å². The number of alkyl halides is 1. The molecule has 2 aromatic rings. The van der Waals surface area contributed by atoms with Crippen molar-refractivity contribution in [3.8, 4) is 5.69 Å². The van der Waals surface area contributed by atoms with Crippen molar-refractivity contribution in [2.24, 2.45) is 0 Å². The number of hydrogen-bond acceptors (Lipinski definition) is 2. The fraction of sp³-hybridized carbons (Fsp3) is 0.308. The van der Waals surface area contributed by atoms with Crippen molar-refractivity contribution in [1.82, 2.24) is 9.78 Å². The molecular weight excluding hydrogens is 217 g/mol. The van der Waals surface area contributed by atoms with Crippen LogP contribution in [0.2, 0.25) is 0 Å². The highest BCUT2D eigenvalue weighted by molar-refractivity contribution is 5.48. The van der Waals surface area contributed by atoms with Crippen LogP contribution in [0.5, 0.6) is 0 Å². The highest BCUT2D eigenvalue weighted by atomic mass is 19.1. The van der Waals surface area contributed by atoms with Crippen molar-refractivity contribution < 1.29 is 4.39 Å². The van der Waals surface area contributed by atoms with Gasteiger partial charge in [-0.15, -0.1) is 0 Å². The van der Waals surface area contributed by atoms with E-state index in [-0.39, 0.29) is 0 Å². The molecule has 2 N–H and O–H groups in total. The molecule has 0 saturated carbocycles. The Bertz CT molecular complexity index is 533. The van der Waals surface area contributed by atoms with Crippen molar-refractivity contribution in [1.29, 1.82) is 0 Å². The van der Waals surface area contributed by atoms with E-state index in [1.54, 1.807) is 0 Å². The van der Waals surface area contributed by atoms with E-state index in [0.717, 1.165) is 16.9 Å². The third kappa shape index (κ3) is 1.69. The number of nitrogens with zero attached hydrogens (tertiary/aromatic N) is 2. The Kier molecular flexibility index (Phi) is 2.35. The van der Waals surface area contributed by atoms with Crippen molar-refractivity contribution in [2.45, 2.75) is 25.4 Å². The molecule has 0 amide bonds. The van der Waals surface area contributed by atoms with Gasteiger partial charge in [-0.1, -0.05) is 18.2 Å². The Labute approximate surface area is 99.1 Å². The van der Waals surface area contributed by atoms with Gasteiger partial charge in [0.1, 0.15) is 12.0 Å². The fourth-order valence-electron chi connectivity index (χ4n) is 2.38. The summed E-state index contributed by atoms with van der Waals surface area (Å²) < 4.78 is 15.2. The minimum atomic E-state index is -0.779. The average Bonchev–Trinajstić information content (AvgIpc) is 2.68. The molecule has 1 aromatic heterocycles. The quantitative estimate of drug-likeness (QED) is 0.818. The minimum Gasteiger partial charge on any atom is -0.382 e. The molecule has 88 valence electrons. The van der Waals surface area contributed by atoms with Crippen LogP contribution in [0.25, 0.3) is 5.69 Å². The van der Waals surface area contributed by atoms with E-state index in [1.807, 2.05) is 35.0 Å². The van der Waals surface area contributed by atoms with E-state index < -0.39 is 6.17 Å². The number of aromatic nitrogens is 2. The molecule has 0 saturated heterocycles. The summed E-state index contributed by atoms with van der Waals surface area (Å²) >= 11 is 0. The lowest BCUT2D eigenvalue weighted by molar-refractivity contribution is 0.300. The molecule has 1 aromatic carbocycles. The Hall–Kier alpha value is -1.84. The summed E-state index contributed by atoms with van der Waals surface area (Å²) in [4.78, 5) is 0. The van der Waals surface area contributed by atoms with Gasteiger partial charge in [0.15, 0.2) is 0 Å². The van der Waals surface area contributed by atoms with Crippen LogP contribution >= 0.6 is 0 Å². The van der Waals surface area contributed by atoms with Crippen molar-refractivity contribution in [2.75, 3.05) is 5.73 Å². The summed E-state index contributed by atoms with van der Waals surface area (Å²) in [5.41, 5.74) is 8.79. The van der Waals surface area contributed by atoms with E-state index in [0.29, 0.717) is 25.1 Å². The predicted molar refractivity (Wildman–Crippen MR) is 64.9 cm³/mol. The summed E-state index contributed by atoms with van der Waals surface area (Å²) in [5, 5.41) is 4.32. The van der Waals surface area contributed by atoms with Gasteiger partial charge in [-0.3, -0.25) is 0 Å². The third-order valence-corrected chi connectivity index (χ3v) is 3.24. The Morgan fingerprint density at radius 3 is 2.82 bits per heavy atom. The zero-order valence-corrected chi connectivity index (χ0v) is 9.44. The smallest absolute Gasteiger partial charge is 0.149 e. The van der Waals surface area contributed by atoms with Gasteiger partial charge in [0, 0.05) is 17.7 Å². The molecule has 1 aliphatic carbocycles. The number of para-hydroxylation sites is 1. The van der Waals surface area contributed by atoms with Gasteiger partial charge in [0.2, 0.25) is 0 Å². The molecule has 3 nitrogen and oxygen atoms in total. The predicted octanol–water partition coefficient (Wildman–Crippen LogP) is 2.28. The first-order chi connectivity index (χ1) is 8.25. The largest absolute Gasteiger partial charge is 0.382 e. The van der Waals surface area contributed by atoms with Crippen LogP contribution in [0.4, 0.5) is 10.2 Å². The summed E-state index contributed by atoms with van der Waals surface area (Å²) in [6.45, 7) is 0. The molecular formula is C13H14FN3. The molecule has 3 rings (SSSR count). The first-order valence-electron chi connectivity index (χ1n) is 5.81. The maximum Gasteiger partial charge on any atom is 0.149 e. The van der Waals surface area contributed by atoms with Gasteiger partial charge in [-0.05, 0) is 25.0 Å². The minimum absolute atomic E-state index is 0.397. The van der Waals surface area contributed by atoms with Crippen LogP contribution in [0.3, 0.4) is 0 Å². The van der Waals surface area contributed by atoms with Crippen molar-refractivity contribution in [3.63, 3.8) is 0 Å². The van der Waals surface area contributed by atoms with Gasteiger partial charge in [0.05, 0.1) is 5.69 Å². The number of nitrogen functional groups attached to an aromatic ring is 1. The van der Waals surface area contributed by atoms with Gasteiger partial charge in [-0.25, -0.2) is 9.07 Å². The lowest BCUT2D eigenvalue weighted by Crippen LogP contribution is -2.16. The Morgan fingerprint density at radius 2 is 2.06 bits per heavy atom. The number of anilines is 1. The normalized spacial score (nSPS) is 19.0. The summed E-state index contributed by atoms with van der Waals surface area (Å²) in [6.07, 6.45) is 0.882. The third-order valence-electron chi connectivity index (χ3n) is 3.24. The highest BCUT2D eigenvalue weighted by Gasteiger charge is 2.25. The zero-order chi connectivity index (χ0) is 11.8. The number of rotatable bonds is 1. The second-order valence-corrected chi connectivity index (χ2v) is 4.40. The molecule has 0 fully saturated rings. The number of fused-ring (bicyclic) bond motifs is 1. The lowest BCUT2D eigenvalue weighted by atomic mass is 9.95.